The maximum Gasteiger partial charge on any atom is 0.341 e. The maximum atomic E-state index is 13.5. The third kappa shape index (κ3) is 4.53. The molecule has 0 heterocycles. The van der Waals surface area contributed by atoms with Gasteiger partial charge in [-0.05, 0) is 42.5 Å². The smallest absolute Gasteiger partial charge is 0.341 e. The van der Waals surface area contributed by atoms with Crippen LogP contribution in [0.4, 0.5) is 10.1 Å². The van der Waals surface area contributed by atoms with Crippen molar-refractivity contribution < 1.29 is 23.5 Å². The molecule has 0 aromatic heterocycles. The van der Waals surface area contributed by atoms with Crippen LogP contribution in [-0.4, -0.2) is 24.4 Å². The van der Waals surface area contributed by atoms with Gasteiger partial charge in [0.2, 0.25) is 5.91 Å². The highest BCUT2D eigenvalue weighted by Gasteiger charge is 2.15. The van der Waals surface area contributed by atoms with E-state index in [2.05, 4.69) is 5.32 Å². The first kappa shape index (κ1) is 17.4. The molecule has 2 rings (SSSR count). The first-order valence-corrected chi connectivity index (χ1v) is 7.06. The highest BCUT2D eigenvalue weighted by atomic mass is 35.5. The Balaban J connectivity index is 1.92. The topological polar surface area (TPSA) is 98.5 Å². The summed E-state index contributed by atoms with van der Waals surface area (Å²) >= 11 is 5.68. The number of carbonyl (C=O) groups is 3. The van der Waals surface area contributed by atoms with Gasteiger partial charge in [0, 0.05) is 16.3 Å². The van der Waals surface area contributed by atoms with Gasteiger partial charge in [-0.15, -0.1) is 0 Å². The maximum absolute atomic E-state index is 13.5. The summed E-state index contributed by atoms with van der Waals surface area (Å²) in [5.74, 6) is -3.02. The number of primary amides is 1. The van der Waals surface area contributed by atoms with E-state index in [1.165, 1.54) is 30.3 Å². The van der Waals surface area contributed by atoms with E-state index in [-0.39, 0.29) is 16.1 Å². The largest absolute Gasteiger partial charge is 0.452 e. The molecular formula is C16H12ClFN2O4. The van der Waals surface area contributed by atoms with E-state index >= 15 is 0 Å². The summed E-state index contributed by atoms with van der Waals surface area (Å²) in [6.07, 6.45) is 0. The molecule has 24 heavy (non-hydrogen) atoms. The van der Waals surface area contributed by atoms with Gasteiger partial charge in [-0.3, -0.25) is 9.59 Å². The van der Waals surface area contributed by atoms with E-state index in [9.17, 15) is 18.8 Å². The molecule has 3 N–H and O–H groups in total. The highest BCUT2D eigenvalue weighted by Crippen LogP contribution is 2.16. The summed E-state index contributed by atoms with van der Waals surface area (Å²) in [6, 6.07) is 9.23. The third-order valence-corrected chi connectivity index (χ3v) is 3.17. The fraction of sp³-hybridized carbons (Fsp3) is 0.0625. The molecule has 6 nitrogen and oxygen atoms in total. The van der Waals surface area contributed by atoms with Gasteiger partial charge in [0.25, 0.3) is 5.91 Å². The quantitative estimate of drug-likeness (QED) is 0.809. The highest BCUT2D eigenvalue weighted by molar-refractivity contribution is 6.30. The molecule has 0 aliphatic heterocycles. The number of hydrogen-bond donors (Lipinski definition) is 2. The molecule has 0 saturated heterocycles. The summed E-state index contributed by atoms with van der Waals surface area (Å²) in [5, 5.41) is 2.62. The molecule has 124 valence electrons. The number of benzene rings is 2. The van der Waals surface area contributed by atoms with Crippen molar-refractivity contribution in [1.29, 1.82) is 0 Å². The van der Waals surface area contributed by atoms with Crippen LogP contribution < -0.4 is 11.1 Å². The molecule has 0 aliphatic carbocycles. The lowest BCUT2D eigenvalue weighted by Gasteiger charge is -2.07. The lowest BCUT2D eigenvalue weighted by Crippen LogP contribution is -2.21. The SMILES string of the molecule is NC(=O)c1ccc(NC(=O)COC(=O)c2cc(Cl)ccc2F)cc1. The van der Waals surface area contributed by atoms with Crippen LogP contribution in [0, 0.1) is 5.82 Å². The fourth-order valence-electron chi connectivity index (χ4n) is 1.78. The van der Waals surface area contributed by atoms with Gasteiger partial charge >= 0.3 is 5.97 Å². The van der Waals surface area contributed by atoms with E-state index in [1.807, 2.05) is 0 Å². The Morgan fingerprint density at radius 1 is 1.12 bits per heavy atom. The number of nitrogens with one attached hydrogen (secondary N) is 1. The molecular weight excluding hydrogens is 339 g/mol. The molecule has 2 aromatic carbocycles. The predicted molar refractivity (Wildman–Crippen MR) is 85.3 cm³/mol. The molecule has 2 amide bonds. The van der Waals surface area contributed by atoms with Crippen molar-refractivity contribution in [1.82, 2.24) is 0 Å². The van der Waals surface area contributed by atoms with Crippen LogP contribution in [0.3, 0.4) is 0 Å². The Bertz CT molecular complexity index is 793. The Hall–Kier alpha value is -2.93. The van der Waals surface area contributed by atoms with Crippen molar-refractivity contribution in [3.8, 4) is 0 Å². The first-order chi connectivity index (χ1) is 11.4. The average molecular weight is 351 g/mol. The predicted octanol–water partition coefficient (Wildman–Crippen LogP) is 2.37. The van der Waals surface area contributed by atoms with Crippen molar-refractivity contribution in [3.63, 3.8) is 0 Å². The van der Waals surface area contributed by atoms with Crippen molar-refractivity contribution >= 4 is 35.1 Å². The van der Waals surface area contributed by atoms with Crippen LogP contribution in [0.1, 0.15) is 20.7 Å². The molecule has 0 atom stereocenters. The summed E-state index contributed by atoms with van der Waals surface area (Å²) < 4.78 is 18.2. The zero-order chi connectivity index (χ0) is 17.7. The first-order valence-electron chi connectivity index (χ1n) is 6.68. The Morgan fingerprint density at radius 3 is 2.42 bits per heavy atom. The van der Waals surface area contributed by atoms with Gasteiger partial charge in [0.05, 0.1) is 5.56 Å². The van der Waals surface area contributed by atoms with Crippen molar-refractivity contribution in [2.45, 2.75) is 0 Å². The second kappa shape index (κ2) is 7.56. The van der Waals surface area contributed by atoms with Gasteiger partial charge in [0.1, 0.15) is 5.82 Å². The minimum absolute atomic E-state index is 0.169. The minimum atomic E-state index is -1.01. The summed E-state index contributed by atoms with van der Waals surface area (Å²) in [6.45, 7) is -0.609. The number of hydrogen-bond acceptors (Lipinski definition) is 4. The number of esters is 1. The van der Waals surface area contributed by atoms with Crippen molar-refractivity contribution in [2.24, 2.45) is 5.73 Å². The van der Waals surface area contributed by atoms with E-state index in [1.54, 1.807) is 0 Å². The van der Waals surface area contributed by atoms with Crippen LogP contribution in [0.25, 0.3) is 0 Å². The van der Waals surface area contributed by atoms with Gasteiger partial charge < -0.3 is 15.8 Å². The molecule has 0 unspecified atom stereocenters. The fourth-order valence-corrected chi connectivity index (χ4v) is 1.95. The van der Waals surface area contributed by atoms with Gasteiger partial charge in [-0.2, -0.15) is 0 Å². The number of rotatable bonds is 5. The van der Waals surface area contributed by atoms with Crippen molar-refractivity contribution in [3.05, 3.63) is 64.4 Å². The molecule has 0 bridgehead atoms. The molecule has 2 aromatic rings. The molecule has 0 saturated carbocycles. The number of carbonyl (C=O) groups excluding carboxylic acids is 3. The van der Waals surface area contributed by atoms with Crippen LogP contribution in [-0.2, 0) is 9.53 Å². The van der Waals surface area contributed by atoms with Crippen LogP contribution in [0.5, 0.6) is 0 Å². The number of anilines is 1. The lowest BCUT2D eigenvalue weighted by molar-refractivity contribution is -0.119. The molecule has 0 fully saturated rings. The van der Waals surface area contributed by atoms with Gasteiger partial charge in [0.15, 0.2) is 6.61 Å². The van der Waals surface area contributed by atoms with E-state index in [4.69, 9.17) is 22.1 Å². The zero-order valence-electron chi connectivity index (χ0n) is 12.2. The number of amides is 2. The van der Waals surface area contributed by atoms with Crippen molar-refractivity contribution in [2.75, 3.05) is 11.9 Å². The summed E-state index contributed by atoms with van der Waals surface area (Å²) in [5.41, 5.74) is 5.41. The van der Waals surface area contributed by atoms with E-state index < -0.39 is 30.2 Å². The standard InChI is InChI=1S/C16H12ClFN2O4/c17-10-3-6-13(18)12(7-10)16(23)24-8-14(21)20-11-4-1-9(2-5-11)15(19)22/h1-7H,8H2,(H2,19,22)(H,20,21). The Morgan fingerprint density at radius 2 is 1.79 bits per heavy atom. The lowest BCUT2D eigenvalue weighted by atomic mass is 10.2. The van der Waals surface area contributed by atoms with Gasteiger partial charge in [-0.1, -0.05) is 11.6 Å². The summed E-state index contributed by atoms with van der Waals surface area (Å²) in [7, 11) is 0. The molecule has 0 aliphatic rings. The van der Waals surface area contributed by atoms with Gasteiger partial charge in [-0.25, -0.2) is 9.18 Å². The number of halogens is 2. The third-order valence-electron chi connectivity index (χ3n) is 2.94. The minimum Gasteiger partial charge on any atom is -0.452 e. The van der Waals surface area contributed by atoms with Crippen LogP contribution in [0.2, 0.25) is 5.02 Å². The molecule has 8 heteroatoms. The van der Waals surface area contributed by atoms with Crippen LogP contribution in [0.15, 0.2) is 42.5 Å². The average Bonchev–Trinajstić information content (AvgIpc) is 2.55. The monoisotopic (exact) mass is 350 g/mol. The number of ether oxygens (including phenoxy) is 1. The zero-order valence-corrected chi connectivity index (χ0v) is 13.0. The van der Waals surface area contributed by atoms with E-state index in [0.717, 1.165) is 12.1 Å². The summed E-state index contributed by atoms with van der Waals surface area (Å²) in [4.78, 5) is 34.4. The molecule has 0 radical (unpaired) electrons. The number of nitrogens with two attached hydrogens (primary N) is 1. The molecule has 0 spiro atoms. The van der Waals surface area contributed by atoms with Crippen LogP contribution >= 0.6 is 11.6 Å². The second-order valence-electron chi connectivity index (χ2n) is 4.69. The second-order valence-corrected chi connectivity index (χ2v) is 5.13. The Labute approximate surface area is 141 Å². The Kier molecular flexibility index (Phi) is 5.49. The normalized spacial score (nSPS) is 10.1. The van der Waals surface area contributed by atoms with E-state index in [0.29, 0.717) is 5.69 Å².